The van der Waals surface area contributed by atoms with Gasteiger partial charge in [0.25, 0.3) is 5.91 Å². The lowest BCUT2D eigenvalue weighted by molar-refractivity contribution is 0.0932. The van der Waals surface area contributed by atoms with Crippen molar-refractivity contribution in [2.45, 2.75) is 78.3 Å². The number of hydrogen-bond donors (Lipinski definition) is 1. The maximum atomic E-state index is 12.7. The zero-order valence-corrected chi connectivity index (χ0v) is 19.2. The third-order valence-electron chi connectivity index (χ3n) is 6.47. The van der Waals surface area contributed by atoms with Crippen LogP contribution in [0.3, 0.4) is 0 Å². The first-order chi connectivity index (χ1) is 14.5. The standard InChI is InChI=1S/C25H38N4O/c1-5-20-10-12-21(13-11-20)22-14-15-24-27-23(18-29(24)17-22)25(30)26-19(4)9-8-16-28(6-2)7-3/h10-13,18-19,22H,5-9,14-17H2,1-4H3,(H,26,30)/t19-,22-/m1/s1. The Balaban J connectivity index is 1.54. The van der Waals surface area contributed by atoms with Crippen LogP contribution in [0.25, 0.3) is 0 Å². The number of nitrogens with one attached hydrogen (secondary N) is 1. The molecule has 0 fully saturated rings. The monoisotopic (exact) mass is 410 g/mol. The van der Waals surface area contributed by atoms with Gasteiger partial charge in [-0.25, -0.2) is 4.98 Å². The molecular weight excluding hydrogens is 372 g/mol. The van der Waals surface area contributed by atoms with E-state index in [1.54, 1.807) is 0 Å². The Labute approximate surface area is 181 Å². The predicted molar refractivity (Wildman–Crippen MR) is 123 cm³/mol. The molecule has 3 rings (SSSR count). The molecule has 2 heterocycles. The first-order valence-electron chi connectivity index (χ1n) is 11.7. The fraction of sp³-hybridized carbons (Fsp3) is 0.600. The number of rotatable bonds is 10. The van der Waals surface area contributed by atoms with Crippen LogP contribution in [0.2, 0.25) is 0 Å². The van der Waals surface area contributed by atoms with Crippen molar-refractivity contribution in [2.24, 2.45) is 0 Å². The molecule has 2 aromatic rings. The van der Waals surface area contributed by atoms with Gasteiger partial charge in [-0.3, -0.25) is 4.79 Å². The fourth-order valence-electron chi connectivity index (χ4n) is 4.38. The summed E-state index contributed by atoms with van der Waals surface area (Å²) in [5, 5.41) is 3.14. The summed E-state index contributed by atoms with van der Waals surface area (Å²) < 4.78 is 2.18. The maximum Gasteiger partial charge on any atom is 0.271 e. The van der Waals surface area contributed by atoms with Crippen molar-refractivity contribution >= 4 is 5.91 Å². The van der Waals surface area contributed by atoms with Crippen LogP contribution in [-0.2, 0) is 19.4 Å². The van der Waals surface area contributed by atoms with Crippen LogP contribution < -0.4 is 5.32 Å². The molecule has 1 aliphatic heterocycles. The summed E-state index contributed by atoms with van der Waals surface area (Å²) in [5.41, 5.74) is 3.32. The van der Waals surface area contributed by atoms with Crippen LogP contribution in [0, 0.1) is 0 Å². The fourth-order valence-corrected chi connectivity index (χ4v) is 4.38. The third-order valence-corrected chi connectivity index (χ3v) is 6.47. The second-order valence-corrected chi connectivity index (χ2v) is 8.57. The number of aryl methyl sites for hydroxylation is 2. The lowest BCUT2D eigenvalue weighted by atomic mass is 9.91. The summed E-state index contributed by atoms with van der Waals surface area (Å²) in [5.74, 6) is 1.49. The molecule has 30 heavy (non-hydrogen) atoms. The van der Waals surface area contributed by atoms with Crippen molar-refractivity contribution in [1.82, 2.24) is 19.8 Å². The Bertz CT molecular complexity index is 807. The van der Waals surface area contributed by atoms with E-state index >= 15 is 0 Å². The summed E-state index contributed by atoms with van der Waals surface area (Å²) in [7, 11) is 0. The van der Waals surface area contributed by atoms with Gasteiger partial charge >= 0.3 is 0 Å². The van der Waals surface area contributed by atoms with Gasteiger partial charge in [0.2, 0.25) is 0 Å². The highest BCUT2D eigenvalue weighted by Crippen LogP contribution is 2.29. The number of aromatic nitrogens is 2. The minimum Gasteiger partial charge on any atom is -0.348 e. The average Bonchev–Trinajstić information content (AvgIpc) is 3.20. The van der Waals surface area contributed by atoms with E-state index in [0.717, 1.165) is 64.1 Å². The Hall–Kier alpha value is -2.14. The van der Waals surface area contributed by atoms with E-state index in [0.29, 0.717) is 11.6 Å². The zero-order chi connectivity index (χ0) is 21.5. The summed E-state index contributed by atoms with van der Waals surface area (Å²) in [6.45, 7) is 12.8. The number of amides is 1. The van der Waals surface area contributed by atoms with E-state index in [-0.39, 0.29) is 11.9 Å². The molecule has 0 spiro atoms. The summed E-state index contributed by atoms with van der Waals surface area (Å²) in [6.07, 6.45) is 7.12. The molecule has 0 bridgehead atoms. The summed E-state index contributed by atoms with van der Waals surface area (Å²) >= 11 is 0. The average molecular weight is 411 g/mol. The molecular formula is C25H38N4O. The molecule has 5 nitrogen and oxygen atoms in total. The van der Waals surface area contributed by atoms with E-state index in [1.807, 2.05) is 6.20 Å². The Kier molecular flexibility index (Phi) is 8.08. The quantitative estimate of drug-likeness (QED) is 0.631. The number of nitrogens with zero attached hydrogens (tertiary/aromatic N) is 3. The van der Waals surface area contributed by atoms with Gasteiger partial charge < -0.3 is 14.8 Å². The number of carbonyl (C=O) groups is 1. The van der Waals surface area contributed by atoms with Crippen LogP contribution in [-0.4, -0.2) is 46.0 Å². The predicted octanol–water partition coefficient (Wildman–Crippen LogP) is 4.42. The van der Waals surface area contributed by atoms with Crippen LogP contribution >= 0.6 is 0 Å². The van der Waals surface area contributed by atoms with Gasteiger partial charge in [0, 0.05) is 31.1 Å². The van der Waals surface area contributed by atoms with Crippen molar-refractivity contribution < 1.29 is 4.79 Å². The second kappa shape index (κ2) is 10.8. The minimum atomic E-state index is -0.0453. The normalized spacial score (nSPS) is 17.0. The number of hydrogen-bond acceptors (Lipinski definition) is 3. The van der Waals surface area contributed by atoms with Crippen LogP contribution in [0.5, 0.6) is 0 Å². The molecule has 1 amide bonds. The zero-order valence-electron chi connectivity index (χ0n) is 19.2. The van der Waals surface area contributed by atoms with E-state index in [9.17, 15) is 4.79 Å². The van der Waals surface area contributed by atoms with Crippen molar-refractivity contribution in [3.63, 3.8) is 0 Å². The van der Waals surface area contributed by atoms with Gasteiger partial charge in [-0.05, 0) is 63.4 Å². The molecule has 0 saturated heterocycles. The van der Waals surface area contributed by atoms with Gasteiger partial charge in [0.05, 0.1) is 0 Å². The van der Waals surface area contributed by atoms with Gasteiger partial charge in [0.15, 0.2) is 0 Å². The summed E-state index contributed by atoms with van der Waals surface area (Å²) in [6, 6.07) is 9.16. The van der Waals surface area contributed by atoms with E-state index in [2.05, 4.69) is 71.7 Å². The SMILES string of the molecule is CCc1ccc([C@@H]2CCc3nc(C(=O)N[C@H](C)CCCN(CC)CC)cn3C2)cc1. The Morgan fingerprint density at radius 2 is 1.97 bits per heavy atom. The number of carbonyl (C=O) groups excluding carboxylic acids is 1. The largest absolute Gasteiger partial charge is 0.348 e. The van der Waals surface area contributed by atoms with E-state index in [4.69, 9.17) is 0 Å². The molecule has 1 aliphatic rings. The highest BCUT2D eigenvalue weighted by Gasteiger charge is 2.24. The lowest BCUT2D eigenvalue weighted by Crippen LogP contribution is -2.34. The Morgan fingerprint density at radius 3 is 2.63 bits per heavy atom. The molecule has 0 aliphatic carbocycles. The van der Waals surface area contributed by atoms with Gasteiger partial charge in [-0.1, -0.05) is 45.0 Å². The lowest BCUT2D eigenvalue weighted by Gasteiger charge is -2.24. The highest BCUT2D eigenvalue weighted by atomic mass is 16.2. The van der Waals surface area contributed by atoms with Crippen molar-refractivity contribution in [2.75, 3.05) is 19.6 Å². The molecule has 1 aromatic carbocycles. The highest BCUT2D eigenvalue weighted by molar-refractivity contribution is 5.92. The van der Waals surface area contributed by atoms with Crippen molar-refractivity contribution in [3.8, 4) is 0 Å². The van der Waals surface area contributed by atoms with Crippen LogP contribution in [0.1, 0.15) is 80.3 Å². The minimum absolute atomic E-state index is 0.0453. The number of benzene rings is 1. The first-order valence-corrected chi connectivity index (χ1v) is 11.7. The van der Waals surface area contributed by atoms with E-state index in [1.165, 1.54) is 11.1 Å². The van der Waals surface area contributed by atoms with Gasteiger partial charge in [-0.15, -0.1) is 0 Å². The topological polar surface area (TPSA) is 50.2 Å². The van der Waals surface area contributed by atoms with Gasteiger partial charge in [-0.2, -0.15) is 0 Å². The number of imidazole rings is 1. The van der Waals surface area contributed by atoms with E-state index < -0.39 is 0 Å². The molecule has 1 N–H and O–H groups in total. The molecule has 164 valence electrons. The number of fused-ring (bicyclic) bond motifs is 1. The second-order valence-electron chi connectivity index (χ2n) is 8.57. The Morgan fingerprint density at radius 1 is 1.23 bits per heavy atom. The first kappa shape index (κ1) is 22.5. The van der Waals surface area contributed by atoms with Crippen molar-refractivity contribution in [3.05, 3.63) is 53.1 Å². The molecule has 0 unspecified atom stereocenters. The molecule has 1 aromatic heterocycles. The van der Waals surface area contributed by atoms with Crippen molar-refractivity contribution in [1.29, 1.82) is 0 Å². The van der Waals surface area contributed by atoms with Crippen LogP contribution in [0.4, 0.5) is 0 Å². The van der Waals surface area contributed by atoms with Crippen LogP contribution in [0.15, 0.2) is 30.5 Å². The smallest absolute Gasteiger partial charge is 0.271 e. The molecule has 0 radical (unpaired) electrons. The molecule has 2 atom stereocenters. The molecule has 5 heteroatoms. The molecule has 0 saturated carbocycles. The third kappa shape index (κ3) is 5.72. The van der Waals surface area contributed by atoms with Gasteiger partial charge in [0.1, 0.15) is 11.5 Å². The maximum absolute atomic E-state index is 12.7. The summed E-state index contributed by atoms with van der Waals surface area (Å²) in [4.78, 5) is 19.8.